The van der Waals surface area contributed by atoms with Crippen LogP contribution in [0.2, 0.25) is 5.02 Å². The fourth-order valence-electron chi connectivity index (χ4n) is 7.53. The highest BCUT2D eigenvalue weighted by atomic mass is 35.5. The van der Waals surface area contributed by atoms with Crippen LogP contribution < -0.4 is 11.1 Å². The van der Waals surface area contributed by atoms with Gasteiger partial charge in [0.05, 0.1) is 18.5 Å². The summed E-state index contributed by atoms with van der Waals surface area (Å²) in [6, 6.07) is 7.31. The van der Waals surface area contributed by atoms with Gasteiger partial charge in [-0.2, -0.15) is 0 Å². The summed E-state index contributed by atoms with van der Waals surface area (Å²) in [5, 5.41) is 38.4. The Hall–Kier alpha value is -0.810. The lowest BCUT2D eigenvalue weighted by Gasteiger charge is -2.60. The summed E-state index contributed by atoms with van der Waals surface area (Å²) in [6.07, 6.45) is 0.974. The topological polar surface area (TPSA) is 114 Å². The van der Waals surface area contributed by atoms with Crippen LogP contribution in [0.25, 0.3) is 0 Å². The zero-order chi connectivity index (χ0) is 25.1. The van der Waals surface area contributed by atoms with Gasteiger partial charge >= 0.3 is 0 Å². The smallest absolute Gasteiger partial charge is 0.141 e. The summed E-state index contributed by atoms with van der Waals surface area (Å²) >= 11 is 6.02. The molecule has 5 heterocycles. The van der Waals surface area contributed by atoms with Gasteiger partial charge in [-0.1, -0.05) is 44.0 Å². The van der Waals surface area contributed by atoms with Gasteiger partial charge in [0.1, 0.15) is 30.1 Å². The van der Waals surface area contributed by atoms with Crippen molar-refractivity contribution in [3.63, 3.8) is 0 Å². The largest absolute Gasteiger partial charge is 0.386 e. The fraction of sp³-hybridized carbons (Fsp3) is 0.769. The van der Waals surface area contributed by atoms with Crippen molar-refractivity contribution in [1.82, 2.24) is 15.1 Å². The van der Waals surface area contributed by atoms with E-state index in [2.05, 4.69) is 29.0 Å². The van der Waals surface area contributed by atoms with Crippen molar-refractivity contribution in [3.8, 4) is 0 Å². The monoisotopic (exact) mass is 508 g/mol. The molecule has 1 spiro atoms. The molecule has 2 bridgehead atoms. The van der Waals surface area contributed by atoms with Crippen molar-refractivity contribution in [1.29, 1.82) is 0 Å². The van der Waals surface area contributed by atoms with E-state index in [-0.39, 0.29) is 12.1 Å². The van der Waals surface area contributed by atoms with E-state index >= 15 is 0 Å². The summed E-state index contributed by atoms with van der Waals surface area (Å²) in [7, 11) is 0. The van der Waals surface area contributed by atoms with Crippen LogP contribution in [0.3, 0.4) is 0 Å². The van der Waals surface area contributed by atoms with Crippen LogP contribution in [-0.4, -0.2) is 80.2 Å². The zero-order valence-corrected chi connectivity index (χ0v) is 21.7. The van der Waals surface area contributed by atoms with Crippen molar-refractivity contribution in [3.05, 3.63) is 34.9 Å². The van der Waals surface area contributed by atoms with E-state index in [1.54, 1.807) is 31.2 Å². The number of likely N-dealkylation sites (tertiary alicyclic amines) is 1. The quantitative estimate of drug-likeness (QED) is 0.410. The predicted molar refractivity (Wildman–Crippen MR) is 134 cm³/mol. The number of ether oxygens (including phenoxy) is 1. The zero-order valence-electron chi connectivity index (χ0n) is 21.0. The van der Waals surface area contributed by atoms with Crippen molar-refractivity contribution in [2.75, 3.05) is 13.2 Å². The highest BCUT2D eigenvalue weighted by Crippen LogP contribution is 2.52. The molecule has 5 fully saturated rings. The summed E-state index contributed by atoms with van der Waals surface area (Å²) in [6.45, 7) is 7.41. The molecule has 0 amide bonds. The van der Waals surface area contributed by atoms with Crippen molar-refractivity contribution < 1.29 is 20.1 Å². The average molecular weight is 509 g/mol. The number of nitrogens with one attached hydrogen (secondary N) is 1. The van der Waals surface area contributed by atoms with E-state index in [1.807, 2.05) is 0 Å². The Morgan fingerprint density at radius 3 is 2.57 bits per heavy atom. The Morgan fingerprint density at radius 2 is 1.91 bits per heavy atom. The first-order valence-electron chi connectivity index (χ1n) is 13.2. The maximum Gasteiger partial charge on any atom is 0.141 e. The number of nitrogens with zero attached hydrogens (tertiary/aromatic N) is 2. The number of hydrogen-bond donors (Lipinski definition) is 5. The molecule has 0 aromatic heterocycles. The van der Waals surface area contributed by atoms with Crippen molar-refractivity contribution in [2.45, 2.75) is 101 Å². The molecule has 5 saturated heterocycles. The second-order valence-electron chi connectivity index (χ2n) is 11.1. The molecule has 6 rings (SSSR count). The second-order valence-corrected chi connectivity index (χ2v) is 11.5. The summed E-state index contributed by atoms with van der Waals surface area (Å²) in [5.41, 5.74) is 5.44. The van der Waals surface area contributed by atoms with Gasteiger partial charge in [-0.25, -0.2) is 0 Å². The number of aliphatic hydroxyl groups is 3. The lowest BCUT2D eigenvalue weighted by molar-refractivity contribution is -0.189. The van der Waals surface area contributed by atoms with Crippen LogP contribution >= 0.6 is 11.6 Å². The third-order valence-electron chi connectivity index (χ3n) is 9.50. The molecule has 35 heavy (non-hydrogen) atoms. The molecule has 5 aliphatic rings. The minimum atomic E-state index is -1.64. The molecule has 8 nitrogen and oxygen atoms in total. The molecular formula is C26H41ClN4O4. The van der Waals surface area contributed by atoms with E-state index < -0.39 is 35.8 Å². The standard InChI is InChI=1S/C26H41ClN4O4/c1-4-16-8-11-18(5-2)30-14-29-26(16)19(23(30)28)12-13-31(26)24-21(33)25(3,34)22(35-24)20(32)15-6-9-17(27)10-7-15/h6-7,9-10,16,18-24,29,32-34H,4-5,8,11-14,28H2,1-3H3/t16?,18?,19?,20-,21+,22-,23?,24-,25+,26?/m1/s1. The average Bonchev–Trinajstić information content (AvgIpc) is 3.32. The van der Waals surface area contributed by atoms with Gasteiger partial charge in [0.15, 0.2) is 0 Å². The molecule has 196 valence electrons. The van der Waals surface area contributed by atoms with Crippen LogP contribution in [0.1, 0.15) is 64.5 Å². The lowest BCUT2D eigenvalue weighted by atomic mass is 9.72. The Labute approximate surface area is 213 Å². The molecular weight excluding hydrogens is 468 g/mol. The van der Waals surface area contributed by atoms with Gasteiger partial charge in [0.25, 0.3) is 0 Å². The van der Waals surface area contributed by atoms with Gasteiger partial charge in [0.2, 0.25) is 0 Å². The molecule has 11 atom stereocenters. The summed E-state index contributed by atoms with van der Waals surface area (Å²) in [5.74, 6) is 0.509. The number of aliphatic hydroxyl groups excluding tert-OH is 2. The minimum absolute atomic E-state index is 0.0740. The number of fused-ring (bicyclic) bond motifs is 4. The van der Waals surface area contributed by atoms with Gasteiger partial charge in [0, 0.05) is 23.5 Å². The minimum Gasteiger partial charge on any atom is -0.386 e. The normalized spacial score (nSPS) is 46.9. The van der Waals surface area contributed by atoms with Crippen LogP contribution in [0.5, 0.6) is 0 Å². The Kier molecular flexibility index (Phi) is 7.00. The van der Waals surface area contributed by atoms with Crippen molar-refractivity contribution in [2.24, 2.45) is 17.6 Å². The van der Waals surface area contributed by atoms with E-state index in [0.717, 1.165) is 32.1 Å². The third kappa shape index (κ3) is 3.88. The molecule has 1 aromatic carbocycles. The highest BCUT2D eigenvalue weighted by molar-refractivity contribution is 6.30. The number of benzene rings is 1. The maximum absolute atomic E-state index is 11.4. The van der Waals surface area contributed by atoms with E-state index in [9.17, 15) is 15.3 Å². The van der Waals surface area contributed by atoms with Crippen LogP contribution in [0.4, 0.5) is 0 Å². The molecule has 0 radical (unpaired) electrons. The van der Waals surface area contributed by atoms with Crippen LogP contribution in [0, 0.1) is 11.8 Å². The maximum atomic E-state index is 11.4. The number of hydrogen-bond acceptors (Lipinski definition) is 8. The molecule has 9 heteroatoms. The molecule has 6 unspecified atom stereocenters. The SMILES string of the molecule is CCC1CCC(CC)C23NCN1C(N)C2CCN3[C@@H]1O[C@H]([C@H](O)c2ccc(Cl)cc2)[C@@](C)(O)[C@H]1O. The predicted octanol–water partition coefficient (Wildman–Crippen LogP) is 1.97. The Morgan fingerprint density at radius 1 is 1.20 bits per heavy atom. The lowest BCUT2D eigenvalue weighted by Crippen LogP contribution is -2.78. The second kappa shape index (κ2) is 9.49. The first kappa shape index (κ1) is 25.8. The highest BCUT2D eigenvalue weighted by Gasteiger charge is 2.65. The number of rotatable bonds is 5. The van der Waals surface area contributed by atoms with Gasteiger partial charge < -0.3 is 25.8 Å². The molecule has 6 N–H and O–H groups in total. The van der Waals surface area contributed by atoms with Crippen LogP contribution in [0.15, 0.2) is 24.3 Å². The summed E-state index contributed by atoms with van der Waals surface area (Å²) < 4.78 is 6.40. The van der Waals surface area contributed by atoms with Crippen molar-refractivity contribution >= 4 is 11.6 Å². The summed E-state index contributed by atoms with van der Waals surface area (Å²) in [4.78, 5) is 4.64. The van der Waals surface area contributed by atoms with E-state index in [0.29, 0.717) is 35.8 Å². The Bertz CT molecular complexity index is 904. The van der Waals surface area contributed by atoms with E-state index in [4.69, 9.17) is 22.1 Å². The fourth-order valence-corrected chi connectivity index (χ4v) is 7.66. The Balaban J connectivity index is 1.47. The number of nitrogens with two attached hydrogens (primary N) is 1. The van der Waals surface area contributed by atoms with Gasteiger partial charge in [-0.3, -0.25) is 15.1 Å². The van der Waals surface area contributed by atoms with Gasteiger partial charge in [-0.05, 0) is 56.2 Å². The van der Waals surface area contributed by atoms with Crippen LogP contribution in [-0.2, 0) is 4.74 Å². The van der Waals surface area contributed by atoms with Gasteiger partial charge in [-0.15, -0.1) is 0 Å². The molecule has 5 aliphatic heterocycles. The third-order valence-corrected chi connectivity index (χ3v) is 9.75. The molecule has 0 aliphatic carbocycles. The van der Waals surface area contributed by atoms with E-state index in [1.165, 1.54) is 0 Å². The molecule has 1 aromatic rings. The first-order valence-corrected chi connectivity index (χ1v) is 13.6. The first-order chi connectivity index (χ1) is 16.7. The number of halogens is 1. The molecule has 0 saturated carbocycles.